The Balaban J connectivity index is 1.74. The van der Waals surface area contributed by atoms with Crippen LogP contribution in [0.25, 0.3) is 0 Å². The highest BCUT2D eigenvalue weighted by molar-refractivity contribution is 7.16. The molecule has 0 aliphatic rings. The topological polar surface area (TPSA) is 89.0 Å². The Bertz CT molecular complexity index is 915. The molecule has 25 heavy (non-hydrogen) atoms. The molecule has 2 N–H and O–H groups in total. The fourth-order valence-electron chi connectivity index (χ4n) is 2.01. The van der Waals surface area contributed by atoms with Crippen LogP contribution in [0.3, 0.4) is 0 Å². The van der Waals surface area contributed by atoms with Crippen molar-refractivity contribution in [2.75, 3.05) is 10.6 Å². The number of hydrogen-bond donors (Lipinski definition) is 2. The number of ether oxygens (including phenoxy) is 1. The lowest BCUT2D eigenvalue weighted by Crippen LogP contribution is -2.17. The number of anilines is 3. The van der Waals surface area contributed by atoms with E-state index in [2.05, 4.69) is 25.6 Å². The van der Waals surface area contributed by atoms with E-state index in [0.29, 0.717) is 10.7 Å². The van der Waals surface area contributed by atoms with E-state index in [4.69, 9.17) is 16.3 Å². The predicted octanol–water partition coefficient (Wildman–Crippen LogP) is 4.56. The molecule has 3 aromatic heterocycles. The van der Waals surface area contributed by atoms with Crippen LogP contribution in [0.2, 0.25) is 5.15 Å². The maximum atomic E-state index is 12.1. The number of carbonyl (C=O) groups excluding carboxylic acids is 1. The van der Waals surface area contributed by atoms with Gasteiger partial charge in [-0.05, 0) is 38.1 Å². The Morgan fingerprint density at radius 2 is 2.08 bits per heavy atom. The molecule has 0 atom stereocenters. The molecular formula is C16H14ClN5O2S. The molecule has 0 aromatic carbocycles. The first-order valence-electron chi connectivity index (χ1n) is 7.28. The van der Waals surface area contributed by atoms with Crippen LogP contribution in [0.4, 0.5) is 21.2 Å². The van der Waals surface area contributed by atoms with Crippen LogP contribution in [0.1, 0.15) is 10.7 Å². The van der Waals surface area contributed by atoms with Gasteiger partial charge in [0.05, 0.1) is 16.4 Å². The molecule has 3 aromatic rings. The van der Waals surface area contributed by atoms with Crippen molar-refractivity contribution in [3.63, 3.8) is 0 Å². The second-order valence-corrected chi connectivity index (χ2v) is 6.60. The van der Waals surface area contributed by atoms with Crippen LogP contribution in [0.15, 0.2) is 36.7 Å². The van der Waals surface area contributed by atoms with Gasteiger partial charge < -0.3 is 10.1 Å². The van der Waals surface area contributed by atoms with Crippen LogP contribution in [0, 0.1) is 13.8 Å². The van der Waals surface area contributed by atoms with E-state index in [1.165, 1.54) is 23.6 Å². The van der Waals surface area contributed by atoms with Gasteiger partial charge >= 0.3 is 6.09 Å². The molecule has 7 nitrogen and oxygen atoms in total. The predicted molar refractivity (Wildman–Crippen MR) is 98.0 cm³/mol. The van der Waals surface area contributed by atoms with Gasteiger partial charge in [0.1, 0.15) is 5.15 Å². The quantitative estimate of drug-likeness (QED) is 0.650. The van der Waals surface area contributed by atoms with Crippen LogP contribution in [0.5, 0.6) is 5.88 Å². The number of nitrogens with one attached hydrogen (secondary N) is 2. The minimum absolute atomic E-state index is 0.198. The lowest BCUT2D eigenvalue weighted by molar-refractivity contribution is 0.214. The Labute approximate surface area is 153 Å². The highest BCUT2D eigenvalue weighted by Gasteiger charge is 2.16. The molecule has 3 heterocycles. The number of hydrogen-bond acceptors (Lipinski definition) is 7. The summed E-state index contributed by atoms with van der Waals surface area (Å²) in [6.45, 7) is 3.72. The summed E-state index contributed by atoms with van der Waals surface area (Å²) in [4.78, 5) is 24.4. The molecule has 0 unspecified atom stereocenters. The van der Waals surface area contributed by atoms with Crippen LogP contribution in [-0.2, 0) is 0 Å². The fraction of sp³-hybridized carbons (Fsp3) is 0.125. The van der Waals surface area contributed by atoms with Gasteiger partial charge in [0.2, 0.25) is 0 Å². The summed E-state index contributed by atoms with van der Waals surface area (Å²) < 4.78 is 5.33. The van der Waals surface area contributed by atoms with Crippen molar-refractivity contribution in [2.45, 2.75) is 13.8 Å². The molecule has 128 valence electrons. The third-order valence-electron chi connectivity index (χ3n) is 3.12. The molecule has 0 saturated heterocycles. The highest BCUT2D eigenvalue weighted by atomic mass is 35.5. The first-order chi connectivity index (χ1) is 12.0. The third-order valence-corrected chi connectivity index (χ3v) is 4.19. The minimum Gasteiger partial charge on any atom is -0.388 e. The Morgan fingerprint density at radius 3 is 2.84 bits per heavy atom. The molecule has 1 amide bonds. The van der Waals surface area contributed by atoms with Crippen molar-refractivity contribution in [3.8, 4) is 5.88 Å². The number of thiazole rings is 1. The van der Waals surface area contributed by atoms with E-state index < -0.39 is 6.09 Å². The van der Waals surface area contributed by atoms with Gasteiger partial charge in [-0.25, -0.2) is 14.8 Å². The summed E-state index contributed by atoms with van der Waals surface area (Å²) in [7, 11) is 0. The third kappa shape index (κ3) is 4.43. The van der Waals surface area contributed by atoms with Crippen LogP contribution < -0.4 is 15.4 Å². The maximum absolute atomic E-state index is 12.1. The molecule has 0 saturated carbocycles. The van der Waals surface area contributed by atoms with Gasteiger partial charge in [0.15, 0.2) is 5.00 Å². The SMILES string of the molecule is Cc1nc(OC(=O)Nc2ccnc(Cl)c2)c(Nc2cccnc2C)s1. The first-order valence-corrected chi connectivity index (χ1v) is 8.47. The normalized spacial score (nSPS) is 10.4. The zero-order valence-electron chi connectivity index (χ0n) is 13.4. The van der Waals surface area contributed by atoms with Gasteiger partial charge in [-0.1, -0.05) is 22.9 Å². The smallest absolute Gasteiger partial charge is 0.388 e. The van der Waals surface area contributed by atoms with Gasteiger partial charge in [-0.2, -0.15) is 0 Å². The minimum atomic E-state index is -0.668. The molecule has 9 heteroatoms. The molecular weight excluding hydrogens is 362 g/mol. The Kier molecular flexibility index (Phi) is 5.11. The van der Waals surface area contributed by atoms with Gasteiger partial charge in [-0.15, -0.1) is 0 Å². The van der Waals surface area contributed by atoms with E-state index in [0.717, 1.165) is 16.4 Å². The molecule has 0 aliphatic carbocycles. The molecule has 0 spiro atoms. The van der Waals surface area contributed by atoms with Gasteiger partial charge in [-0.3, -0.25) is 10.3 Å². The summed E-state index contributed by atoms with van der Waals surface area (Å²) in [5.74, 6) is 0.198. The van der Waals surface area contributed by atoms with E-state index >= 15 is 0 Å². The Morgan fingerprint density at radius 1 is 1.24 bits per heavy atom. The second-order valence-electron chi connectivity index (χ2n) is 5.01. The van der Waals surface area contributed by atoms with E-state index in [9.17, 15) is 4.79 Å². The summed E-state index contributed by atoms with van der Waals surface area (Å²) in [5, 5.41) is 7.44. The number of halogens is 1. The number of aryl methyl sites for hydroxylation is 2. The number of amides is 1. The van der Waals surface area contributed by atoms with Crippen molar-refractivity contribution < 1.29 is 9.53 Å². The zero-order chi connectivity index (χ0) is 17.8. The summed E-state index contributed by atoms with van der Waals surface area (Å²) in [6.07, 6.45) is 2.53. The average molecular weight is 376 g/mol. The Hall–Kier alpha value is -2.71. The standard InChI is InChI=1S/C16H14ClN5O2S/c1-9-12(4-3-6-18-9)22-15-14(20-10(2)25-15)24-16(23)21-11-5-7-19-13(17)8-11/h3-8,22H,1-2H3,(H,19,21,23). The van der Waals surface area contributed by atoms with Crippen molar-refractivity contribution >= 4 is 45.4 Å². The summed E-state index contributed by atoms with van der Waals surface area (Å²) >= 11 is 7.17. The fourth-order valence-corrected chi connectivity index (χ4v) is 2.94. The van der Waals surface area contributed by atoms with Crippen LogP contribution >= 0.6 is 22.9 Å². The molecule has 0 fully saturated rings. The van der Waals surface area contributed by atoms with Crippen molar-refractivity contribution in [2.24, 2.45) is 0 Å². The maximum Gasteiger partial charge on any atom is 0.418 e. The van der Waals surface area contributed by atoms with Crippen molar-refractivity contribution in [1.29, 1.82) is 0 Å². The summed E-state index contributed by atoms with van der Waals surface area (Å²) in [5.41, 5.74) is 2.13. The molecule has 0 aliphatic heterocycles. The van der Waals surface area contributed by atoms with Crippen LogP contribution in [-0.4, -0.2) is 21.0 Å². The van der Waals surface area contributed by atoms with Gasteiger partial charge in [0.25, 0.3) is 5.88 Å². The zero-order valence-corrected chi connectivity index (χ0v) is 15.0. The van der Waals surface area contributed by atoms with E-state index in [1.54, 1.807) is 12.3 Å². The van der Waals surface area contributed by atoms with Crippen molar-refractivity contribution in [3.05, 3.63) is 52.5 Å². The number of pyridine rings is 2. The first kappa shape index (κ1) is 17.1. The summed E-state index contributed by atoms with van der Waals surface area (Å²) in [6, 6.07) is 6.84. The molecule has 0 bridgehead atoms. The lowest BCUT2D eigenvalue weighted by atomic mass is 10.3. The lowest BCUT2D eigenvalue weighted by Gasteiger charge is -2.09. The molecule has 3 rings (SSSR count). The number of rotatable bonds is 4. The second kappa shape index (κ2) is 7.45. The van der Waals surface area contributed by atoms with Gasteiger partial charge in [0, 0.05) is 18.1 Å². The highest BCUT2D eigenvalue weighted by Crippen LogP contribution is 2.34. The molecule has 0 radical (unpaired) electrons. The largest absolute Gasteiger partial charge is 0.418 e. The average Bonchev–Trinajstić information content (AvgIpc) is 2.88. The van der Waals surface area contributed by atoms with E-state index in [1.807, 2.05) is 26.0 Å². The number of carbonyl (C=O) groups is 1. The monoisotopic (exact) mass is 375 g/mol. The number of aromatic nitrogens is 3. The van der Waals surface area contributed by atoms with Crippen molar-refractivity contribution in [1.82, 2.24) is 15.0 Å². The number of nitrogens with zero attached hydrogens (tertiary/aromatic N) is 3. The van der Waals surface area contributed by atoms with E-state index in [-0.39, 0.29) is 11.0 Å².